The van der Waals surface area contributed by atoms with E-state index >= 15 is 0 Å². The summed E-state index contributed by atoms with van der Waals surface area (Å²) in [6.07, 6.45) is 8.06. The molecule has 134 valence electrons. The third-order valence-electron chi connectivity index (χ3n) is 5.04. The quantitative estimate of drug-likeness (QED) is 0.801. The van der Waals surface area contributed by atoms with Gasteiger partial charge >= 0.3 is 0 Å². The average molecular weight is 344 g/mol. The van der Waals surface area contributed by atoms with Crippen molar-refractivity contribution in [2.45, 2.75) is 44.8 Å². The molecule has 1 saturated heterocycles. The van der Waals surface area contributed by atoms with Gasteiger partial charge in [0.1, 0.15) is 5.76 Å². The third kappa shape index (κ3) is 3.61. The van der Waals surface area contributed by atoms with Gasteiger partial charge in [0.05, 0.1) is 18.3 Å². The van der Waals surface area contributed by atoms with E-state index in [2.05, 4.69) is 10.3 Å². The van der Waals surface area contributed by atoms with Crippen molar-refractivity contribution in [3.05, 3.63) is 35.5 Å². The van der Waals surface area contributed by atoms with Crippen LogP contribution < -0.4 is 0 Å². The Morgan fingerprint density at radius 1 is 1.40 bits per heavy atom. The molecule has 4 rings (SSSR count). The van der Waals surface area contributed by atoms with Crippen LogP contribution in [-0.2, 0) is 18.2 Å². The van der Waals surface area contributed by atoms with Gasteiger partial charge in [-0.2, -0.15) is 5.10 Å². The predicted octanol–water partition coefficient (Wildman–Crippen LogP) is 1.97. The summed E-state index contributed by atoms with van der Waals surface area (Å²) in [7, 11) is 1.90. The maximum Gasteiger partial charge on any atom is 0.276 e. The summed E-state index contributed by atoms with van der Waals surface area (Å²) in [4.78, 5) is 14.8. The second kappa shape index (κ2) is 6.63. The molecule has 1 aliphatic heterocycles. The van der Waals surface area contributed by atoms with Crippen molar-refractivity contribution in [3.63, 3.8) is 0 Å². The highest BCUT2D eigenvalue weighted by molar-refractivity contribution is 5.92. The monoisotopic (exact) mass is 344 g/mol. The summed E-state index contributed by atoms with van der Waals surface area (Å²) in [5, 5.41) is 8.14. The zero-order chi connectivity index (χ0) is 17.4. The molecular formula is C18H24N4O3. The molecule has 0 unspecified atom stereocenters. The molecule has 1 amide bonds. The van der Waals surface area contributed by atoms with E-state index in [1.807, 2.05) is 24.3 Å². The number of rotatable bonds is 6. The normalized spacial score (nSPS) is 23.4. The van der Waals surface area contributed by atoms with E-state index in [4.69, 9.17) is 9.26 Å². The first-order chi connectivity index (χ1) is 12.1. The van der Waals surface area contributed by atoms with Crippen LogP contribution in [0.25, 0.3) is 0 Å². The van der Waals surface area contributed by atoms with Crippen LogP contribution in [0.5, 0.6) is 0 Å². The summed E-state index contributed by atoms with van der Waals surface area (Å²) in [5.74, 6) is 1.28. The number of amides is 1. The number of ether oxygens (including phenoxy) is 1. The van der Waals surface area contributed by atoms with Gasteiger partial charge in [-0.1, -0.05) is 5.16 Å². The molecule has 0 spiro atoms. The largest absolute Gasteiger partial charge is 0.376 e. The first-order valence-electron chi connectivity index (χ1n) is 8.93. The van der Waals surface area contributed by atoms with Crippen LogP contribution in [0.15, 0.2) is 23.0 Å². The van der Waals surface area contributed by atoms with Gasteiger partial charge in [0.2, 0.25) is 0 Å². The van der Waals surface area contributed by atoms with Gasteiger partial charge in [0.25, 0.3) is 5.91 Å². The number of hydrogen-bond acceptors (Lipinski definition) is 5. The van der Waals surface area contributed by atoms with Crippen LogP contribution in [-0.4, -0.2) is 51.0 Å². The number of aromatic nitrogens is 3. The number of nitrogens with zero attached hydrogens (tertiary/aromatic N) is 4. The predicted molar refractivity (Wildman–Crippen MR) is 90.1 cm³/mol. The first-order valence-corrected chi connectivity index (χ1v) is 8.93. The van der Waals surface area contributed by atoms with Crippen molar-refractivity contribution in [2.24, 2.45) is 13.0 Å². The molecule has 25 heavy (non-hydrogen) atoms. The summed E-state index contributed by atoms with van der Waals surface area (Å²) >= 11 is 0. The lowest BCUT2D eigenvalue weighted by molar-refractivity contribution is 0.0197. The van der Waals surface area contributed by atoms with E-state index in [1.54, 1.807) is 17.7 Å². The molecule has 0 N–H and O–H groups in total. The Morgan fingerprint density at radius 2 is 2.24 bits per heavy atom. The van der Waals surface area contributed by atoms with Gasteiger partial charge in [0, 0.05) is 32.5 Å². The Kier molecular flexibility index (Phi) is 4.33. The molecule has 0 radical (unpaired) electrons. The SMILES string of the molecule is Cc1cc(C(=O)N2CC[C@H](OCC3CC3)[C@@H]2Cc2cnn(C)c2)no1. The number of aryl methyl sites for hydroxylation is 2. The molecule has 3 heterocycles. The molecule has 2 atom stereocenters. The lowest BCUT2D eigenvalue weighted by Crippen LogP contribution is -2.42. The number of hydrogen-bond donors (Lipinski definition) is 0. The molecular weight excluding hydrogens is 320 g/mol. The van der Waals surface area contributed by atoms with Crippen LogP contribution in [0.4, 0.5) is 0 Å². The van der Waals surface area contributed by atoms with Gasteiger partial charge in [-0.15, -0.1) is 0 Å². The van der Waals surface area contributed by atoms with Gasteiger partial charge in [-0.05, 0) is 44.1 Å². The van der Waals surface area contributed by atoms with Crippen molar-refractivity contribution in [1.82, 2.24) is 19.8 Å². The van der Waals surface area contributed by atoms with Crippen LogP contribution in [0, 0.1) is 12.8 Å². The minimum atomic E-state index is -0.0803. The lowest BCUT2D eigenvalue weighted by Gasteiger charge is -2.27. The maximum atomic E-state index is 12.9. The minimum absolute atomic E-state index is 0.00690. The van der Waals surface area contributed by atoms with Crippen molar-refractivity contribution < 1.29 is 14.1 Å². The third-order valence-corrected chi connectivity index (χ3v) is 5.04. The molecule has 0 bridgehead atoms. The van der Waals surface area contributed by atoms with Crippen molar-refractivity contribution in [3.8, 4) is 0 Å². The van der Waals surface area contributed by atoms with Crippen LogP contribution in [0.2, 0.25) is 0 Å². The van der Waals surface area contributed by atoms with E-state index in [1.165, 1.54) is 12.8 Å². The van der Waals surface area contributed by atoms with E-state index in [-0.39, 0.29) is 18.1 Å². The highest BCUT2D eigenvalue weighted by atomic mass is 16.5. The zero-order valence-electron chi connectivity index (χ0n) is 14.7. The van der Waals surface area contributed by atoms with Gasteiger partial charge in [-0.3, -0.25) is 9.48 Å². The molecule has 2 aromatic rings. The standard InChI is InChI=1S/C18H24N4O3/c1-12-7-15(20-25-12)18(23)22-6-5-17(24-11-13-3-4-13)16(22)8-14-9-19-21(2)10-14/h7,9-10,13,16-17H,3-6,8,11H2,1-2H3/t16-,17-/m0/s1. The number of likely N-dealkylation sites (tertiary alicyclic amines) is 1. The molecule has 2 aliphatic rings. The Morgan fingerprint density at radius 3 is 2.88 bits per heavy atom. The fourth-order valence-electron chi connectivity index (χ4n) is 3.49. The molecule has 0 aromatic carbocycles. The van der Waals surface area contributed by atoms with Gasteiger partial charge < -0.3 is 14.2 Å². The summed E-state index contributed by atoms with van der Waals surface area (Å²) in [6.45, 7) is 3.28. The summed E-state index contributed by atoms with van der Waals surface area (Å²) in [6, 6.07) is 1.70. The van der Waals surface area contributed by atoms with E-state index < -0.39 is 0 Å². The van der Waals surface area contributed by atoms with Crippen molar-refractivity contribution in [1.29, 1.82) is 0 Å². The summed E-state index contributed by atoms with van der Waals surface area (Å²) in [5.41, 5.74) is 1.49. The fourth-order valence-corrected chi connectivity index (χ4v) is 3.49. The zero-order valence-corrected chi connectivity index (χ0v) is 14.7. The Hall–Kier alpha value is -2.15. The van der Waals surface area contributed by atoms with Gasteiger partial charge in [0.15, 0.2) is 5.69 Å². The van der Waals surface area contributed by atoms with E-state index in [9.17, 15) is 4.79 Å². The molecule has 7 heteroatoms. The topological polar surface area (TPSA) is 73.4 Å². The highest BCUT2D eigenvalue weighted by Crippen LogP contribution is 2.32. The van der Waals surface area contributed by atoms with Crippen LogP contribution in [0.3, 0.4) is 0 Å². The first kappa shape index (κ1) is 16.3. The second-order valence-corrected chi connectivity index (χ2v) is 7.22. The average Bonchev–Trinajstić information content (AvgIpc) is 2.97. The summed E-state index contributed by atoms with van der Waals surface area (Å²) < 4.78 is 13.0. The lowest BCUT2D eigenvalue weighted by atomic mass is 10.0. The number of carbonyl (C=O) groups is 1. The maximum absolute atomic E-state index is 12.9. The number of carbonyl (C=O) groups excluding carboxylic acids is 1. The highest BCUT2D eigenvalue weighted by Gasteiger charge is 2.40. The Labute approximate surface area is 146 Å². The van der Waals surface area contributed by atoms with Gasteiger partial charge in [-0.25, -0.2) is 0 Å². The minimum Gasteiger partial charge on any atom is -0.376 e. The molecule has 7 nitrogen and oxygen atoms in total. The molecule has 2 fully saturated rings. The van der Waals surface area contributed by atoms with Crippen LogP contribution >= 0.6 is 0 Å². The fraction of sp³-hybridized carbons (Fsp3) is 0.611. The molecule has 1 saturated carbocycles. The van der Waals surface area contributed by atoms with Crippen LogP contribution in [0.1, 0.15) is 41.1 Å². The van der Waals surface area contributed by atoms with Crippen molar-refractivity contribution in [2.75, 3.05) is 13.2 Å². The smallest absolute Gasteiger partial charge is 0.276 e. The Balaban J connectivity index is 1.52. The molecule has 1 aliphatic carbocycles. The van der Waals surface area contributed by atoms with Crippen molar-refractivity contribution >= 4 is 5.91 Å². The Bertz CT molecular complexity index is 749. The molecule has 2 aromatic heterocycles. The van der Waals surface area contributed by atoms with E-state index in [0.29, 0.717) is 23.9 Å². The second-order valence-electron chi connectivity index (χ2n) is 7.22. The van der Waals surface area contributed by atoms with E-state index in [0.717, 1.165) is 25.0 Å².